The van der Waals surface area contributed by atoms with E-state index in [1.54, 1.807) is 0 Å². The van der Waals surface area contributed by atoms with Crippen molar-refractivity contribution in [1.82, 2.24) is 20.1 Å². The second kappa shape index (κ2) is 6.66. The first kappa shape index (κ1) is 14.7. The molecule has 0 aliphatic carbocycles. The van der Waals surface area contributed by atoms with Crippen LogP contribution in [0.15, 0.2) is 18.5 Å². The second-order valence-corrected chi connectivity index (χ2v) is 5.35. The number of hydrogen-bond acceptors (Lipinski definition) is 3. The van der Waals surface area contributed by atoms with E-state index >= 15 is 0 Å². The zero-order valence-corrected chi connectivity index (χ0v) is 12.9. The Kier molecular flexibility index (Phi) is 4.90. The van der Waals surface area contributed by atoms with Gasteiger partial charge in [0.1, 0.15) is 0 Å². The van der Waals surface area contributed by atoms with Gasteiger partial charge in [-0.3, -0.25) is 9.67 Å². The van der Waals surface area contributed by atoms with Crippen molar-refractivity contribution in [3.05, 3.63) is 46.5 Å². The first-order valence-electron chi connectivity index (χ1n) is 7.26. The molecule has 0 saturated heterocycles. The van der Waals surface area contributed by atoms with Gasteiger partial charge in [-0.1, -0.05) is 13.0 Å². The molecular weight excluding hydrogens is 248 g/mol. The summed E-state index contributed by atoms with van der Waals surface area (Å²) in [6.45, 7) is 11.2. The summed E-state index contributed by atoms with van der Waals surface area (Å²) in [4.78, 5) is 4.25. The predicted molar refractivity (Wildman–Crippen MR) is 81.8 cm³/mol. The molecule has 0 bridgehead atoms. The van der Waals surface area contributed by atoms with Crippen molar-refractivity contribution in [1.29, 1.82) is 0 Å². The standard InChI is InChI=1S/C16H24N4/c1-5-6-17-10-16-13(3)19-20(14(16)4)11-15-7-12(2)8-18-9-15/h7-9,17H,5-6,10-11H2,1-4H3. The quantitative estimate of drug-likeness (QED) is 0.822. The van der Waals surface area contributed by atoms with Gasteiger partial charge >= 0.3 is 0 Å². The molecule has 2 heterocycles. The Hall–Kier alpha value is -1.68. The predicted octanol–water partition coefficient (Wildman–Crippen LogP) is 2.75. The highest BCUT2D eigenvalue weighted by atomic mass is 15.3. The number of rotatable bonds is 6. The van der Waals surface area contributed by atoms with Gasteiger partial charge in [-0.2, -0.15) is 5.10 Å². The lowest BCUT2D eigenvalue weighted by atomic mass is 10.2. The minimum Gasteiger partial charge on any atom is -0.313 e. The minimum atomic E-state index is 0.787. The third kappa shape index (κ3) is 3.45. The Morgan fingerprint density at radius 1 is 1.20 bits per heavy atom. The molecule has 108 valence electrons. The Balaban J connectivity index is 2.15. The molecule has 0 atom stereocenters. The molecule has 0 radical (unpaired) electrons. The number of nitrogens with one attached hydrogen (secondary N) is 1. The van der Waals surface area contributed by atoms with Crippen LogP contribution >= 0.6 is 0 Å². The zero-order chi connectivity index (χ0) is 14.5. The van der Waals surface area contributed by atoms with Crippen LogP contribution in [0.2, 0.25) is 0 Å². The normalized spacial score (nSPS) is 11.0. The van der Waals surface area contributed by atoms with Crippen molar-refractivity contribution in [3.8, 4) is 0 Å². The fourth-order valence-corrected chi connectivity index (χ4v) is 2.41. The number of aromatic nitrogens is 3. The molecule has 2 rings (SSSR count). The molecule has 0 amide bonds. The monoisotopic (exact) mass is 272 g/mol. The van der Waals surface area contributed by atoms with Crippen molar-refractivity contribution in [3.63, 3.8) is 0 Å². The van der Waals surface area contributed by atoms with Crippen LogP contribution in [0.5, 0.6) is 0 Å². The van der Waals surface area contributed by atoms with Crippen molar-refractivity contribution in [2.24, 2.45) is 0 Å². The van der Waals surface area contributed by atoms with Gasteiger partial charge in [-0.25, -0.2) is 0 Å². The number of nitrogens with zero attached hydrogens (tertiary/aromatic N) is 3. The van der Waals surface area contributed by atoms with Crippen molar-refractivity contribution in [2.45, 2.75) is 47.2 Å². The van der Waals surface area contributed by atoms with Gasteiger partial charge in [-0.15, -0.1) is 0 Å². The molecule has 1 N–H and O–H groups in total. The number of aryl methyl sites for hydroxylation is 2. The highest BCUT2D eigenvalue weighted by Gasteiger charge is 2.11. The van der Waals surface area contributed by atoms with E-state index in [1.165, 1.54) is 22.4 Å². The molecule has 4 heteroatoms. The summed E-state index contributed by atoms with van der Waals surface area (Å²) in [7, 11) is 0. The maximum Gasteiger partial charge on any atom is 0.0677 e. The fraction of sp³-hybridized carbons (Fsp3) is 0.500. The topological polar surface area (TPSA) is 42.7 Å². The van der Waals surface area contributed by atoms with Crippen LogP contribution < -0.4 is 5.32 Å². The van der Waals surface area contributed by atoms with Crippen LogP contribution in [0, 0.1) is 20.8 Å². The van der Waals surface area contributed by atoms with Crippen molar-refractivity contribution < 1.29 is 0 Å². The first-order valence-corrected chi connectivity index (χ1v) is 7.26. The smallest absolute Gasteiger partial charge is 0.0677 e. The average Bonchev–Trinajstić information content (AvgIpc) is 2.66. The molecule has 0 aromatic carbocycles. The highest BCUT2D eigenvalue weighted by Crippen LogP contribution is 2.14. The van der Waals surface area contributed by atoms with E-state index in [2.05, 4.69) is 53.8 Å². The second-order valence-electron chi connectivity index (χ2n) is 5.35. The first-order chi connectivity index (χ1) is 9.61. The molecule has 20 heavy (non-hydrogen) atoms. The molecule has 0 fully saturated rings. The summed E-state index contributed by atoms with van der Waals surface area (Å²) < 4.78 is 2.08. The molecule has 4 nitrogen and oxygen atoms in total. The fourth-order valence-electron chi connectivity index (χ4n) is 2.41. The highest BCUT2D eigenvalue weighted by molar-refractivity contribution is 5.26. The molecule has 2 aromatic rings. The van der Waals surface area contributed by atoms with Gasteiger partial charge in [0.05, 0.1) is 12.2 Å². The summed E-state index contributed by atoms with van der Waals surface area (Å²) in [5.74, 6) is 0. The Bertz CT molecular complexity index is 572. The molecule has 2 aromatic heterocycles. The molecule has 0 saturated carbocycles. The van der Waals surface area contributed by atoms with E-state index in [9.17, 15) is 0 Å². The Morgan fingerprint density at radius 3 is 2.70 bits per heavy atom. The summed E-state index contributed by atoms with van der Waals surface area (Å²) in [5.41, 5.74) is 6.07. The van der Waals surface area contributed by atoms with Crippen LogP contribution in [0.3, 0.4) is 0 Å². The molecule has 0 unspecified atom stereocenters. The number of pyridine rings is 1. The zero-order valence-electron chi connectivity index (χ0n) is 12.9. The van der Waals surface area contributed by atoms with Crippen LogP contribution in [0.4, 0.5) is 0 Å². The van der Waals surface area contributed by atoms with E-state index in [-0.39, 0.29) is 0 Å². The third-order valence-corrected chi connectivity index (χ3v) is 3.52. The van der Waals surface area contributed by atoms with E-state index < -0.39 is 0 Å². The van der Waals surface area contributed by atoms with Crippen molar-refractivity contribution in [2.75, 3.05) is 6.54 Å². The third-order valence-electron chi connectivity index (χ3n) is 3.52. The summed E-state index contributed by atoms with van der Waals surface area (Å²) in [6, 6.07) is 2.17. The van der Waals surface area contributed by atoms with Crippen LogP contribution in [-0.4, -0.2) is 21.3 Å². The van der Waals surface area contributed by atoms with Gasteiger partial charge in [0.2, 0.25) is 0 Å². The lowest BCUT2D eigenvalue weighted by molar-refractivity contribution is 0.649. The van der Waals surface area contributed by atoms with Gasteiger partial charge in [-0.05, 0) is 44.9 Å². The van der Waals surface area contributed by atoms with Crippen molar-refractivity contribution >= 4 is 0 Å². The summed E-state index contributed by atoms with van der Waals surface area (Å²) in [6.07, 6.45) is 4.95. The van der Waals surface area contributed by atoms with Gasteiger partial charge in [0, 0.05) is 30.2 Å². The largest absolute Gasteiger partial charge is 0.313 e. The van der Waals surface area contributed by atoms with E-state index in [0.29, 0.717) is 0 Å². The summed E-state index contributed by atoms with van der Waals surface area (Å²) >= 11 is 0. The lowest BCUT2D eigenvalue weighted by Crippen LogP contribution is -2.15. The van der Waals surface area contributed by atoms with E-state index in [0.717, 1.165) is 31.7 Å². The number of hydrogen-bond donors (Lipinski definition) is 1. The van der Waals surface area contributed by atoms with Gasteiger partial charge < -0.3 is 5.32 Å². The maximum atomic E-state index is 4.66. The van der Waals surface area contributed by atoms with Gasteiger partial charge in [0.25, 0.3) is 0 Å². The van der Waals surface area contributed by atoms with Crippen LogP contribution in [-0.2, 0) is 13.1 Å². The van der Waals surface area contributed by atoms with Gasteiger partial charge in [0.15, 0.2) is 0 Å². The van der Waals surface area contributed by atoms with Crippen LogP contribution in [0.1, 0.15) is 41.4 Å². The maximum absolute atomic E-state index is 4.66. The minimum absolute atomic E-state index is 0.787. The Morgan fingerprint density at radius 2 is 2.00 bits per heavy atom. The average molecular weight is 272 g/mol. The van der Waals surface area contributed by atoms with E-state index in [1.807, 2.05) is 12.4 Å². The van der Waals surface area contributed by atoms with Crippen LogP contribution in [0.25, 0.3) is 0 Å². The SMILES string of the molecule is CCCNCc1c(C)nn(Cc2cncc(C)c2)c1C. The Labute approximate surface area is 121 Å². The molecule has 0 aliphatic heterocycles. The van der Waals surface area contributed by atoms with E-state index in [4.69, 9.17) is 0 Å². The summed E-state index contributed by atoms with van der Waals surface area (Å²) in [5, 5.41) is 8.12. The lowest BCUT2D eigenvalue weighted by Gasteiger charge is -2.07. The molecule has 0 aliphatic rings. The molecular formula is C16H24N4. The molecule has 0 spiro atoms.